The average Bonchev–Trinajstić information content (AvgIpc) is 2.11. The van der Waals surface area contributed by atoms with Crippen molar-refractivity contribution in [1.82, 2.24) is 10.6 Å². The van der Waals surface area contributed by atoms with Crippen molar-refractivity contribution >= 4 is 0 Å². The average molecular weight is 224 g/mol. The third kappa shape index (κ3) is 3.24. The lowest BCUT2D eigenvalue weighted by Gasteiger charge is -2.46. The van der Waals surface area contributed by atoms with Gasteiger partial charge in [-0.05, 0) is 40.2 Å². The molecule has 0 aromatic rings. The molecule has 0 aromatic carbocycles. The quantitative estimate of drug-likeness (QED) is 0.717. The fourth-order valence-corrected chi connectivity index (χ4v) is 2.49. The van der Waals surface area contributed by atoms with Crippen molar-refractivity contribution in [2.45, 2.75) is 65.5 Å². The largest absolute Gasteiger partial charge is 0.388 e. The van der Waals surface area contributed by atoms with Crippen LogP contribution in [0.15, 0.2) is 11.8 Å². The van der Waals surface area contributed by atoms with Crippen molar-refractivity contribution in [2.75, 3.05) is 6.54 Å². The van der Waals surface area contributed by atoms with Gasteiger partial charge in [-0.3, -0.25) is 0 Å². The first-order chi connectivity index (χ1) is 7.28. The molecule has 2 N–H and O–H groups in total. The van der Waals surface area contributed by atoms with Gasteiger partial charge in [-0.2, -0.15) is 0 Å². The topological polar surface area (TPSA) is 24.1 Å². The fourth-order valence-electron chi connectivity index (χ4n) is 2.49. The molecule has 1 heterocycles. The lowest BCUT2D eigenvalue weighted by Crippen LogP contribution is -2.59. The normalized spacial score (nSPS) is 27.4. The van der Waals surface area contributed by atoms with E-state index in [4.69, 9.17) is 0 Å². The number of nitrogens with one attached hydrogen (secondary N) is 2. The molecule has 94 valence electrons. The summed E-state index contributed by atoms with van der Waals surface area (Å²) in [7, 11) is 0. The van der Waals surface area contributed by atoms with Gasteiger partial charge in [-0.1, -0.05) is 20.3 Å². The molecule has 0 radical (unpaired) electrons. The lowest BCUT2D eigenvalue weighted by atomic mass is 9.78. The van der Waals surface area contributed by atoms with Crippen LogP contribution < -0.4 is 10.6 Å². The molecule has 1 atom stereocenters. The molecule has 0 fully saturated rings. The summed E-state index contributed by atoms with van der Waals surface area (Å²) >= 11 is 0. The van der Waals surface area contributed by atoms with Gasteiger partial charge in [-0.15, -0.1) is 0 Å². The maximum atomic E-state index is 3.69. The lowest BCUT2D eigenvalue weighted by molar-refractivity contribution is 0.215. The predicted octanol–water partition coefficient (Wildman–Crippen LogP) is 3.06. The Morgan fingerprint density at radius 1 is 1.31 bits per heavy atom. The Hall–Kier alpha value is -0.500. The first-order valence-corrected chi connectivity index (χ1v) is 6.54. The van der Waals surface area contributed by atoms with Crippen LogP contribution in [0, 0.1) is 5.92 Å². The Morgan fingerprint density at radius 3 is 2.50 bits per heavy atom. The van der Waals surface area contributed by atoms with E-state index in [-0.39, 0.29) is 11.1 Å². The number of hydrogen-bond acceptors (Lipinski definition) is 2. The van der Waals surface area contributed by atoms with Gasteiger partial charge < -0.3 is 10.6 Å². The second-order valence-electron chi connectivity index (χ2n) is 6.17. The minimum Gasteiger partial charge on any atom is -0.388 e. The summed E-state index contributed by atoms with van der Waals surface area (Å²) in [5.74, 6) is 0.539. The molecule has 0 aliphatic carbocycles. The molecular formula is C14H28N2. The summed E-state index contributed by atoms with van der Waals surface area (Å²) in [6.45, 7) is 14.7. The molecule has 0 aromatic heterocycles. The zero-order valence-electron chi connectivity index (χ0n) is 11.8. The van der Waals surface area contributed by atoms with Gasteiger partial charge in [0.2, 0.25) is 0 Å². The SMILES string of the molecule is CCCCNC1=CC(C)(C)NC(C)(C)C1C. The van der Waals surface area contributed by atoms with Gasteiger partial charge in [0.15, 0.2) is 0 Å². The van der Waals surface area contributed by atoms with Crippen LogP contribution in [0.5, 0.6) is 0 Å². The highest BCUT2D eigenvalue weighted by Gasteiger charge is 2.37. The number of unbranched alkanes of at least 4 members (excludes halogenated alkanes) is 1. The van der Waals surface area contributed by atoms with E-state index in [1.165, 1.54) is 18.5 Å². The Kier molecular flexibility index (Phi) is 4.06. The van der Waals surface area contributed by atoms with Gasteiger partial charge in [-0.25, -0.2) is 0 Å². The molecule has 1 aliphatic rings. The van der Waals surface area contributed by atoms with Crippen molar-refractivity contribution < 1.29 is 0 Å². The zero-order valence-corrected chi connectivity index (χ0v) is 11.8. The molecule has 1 unspecified atom stereocenters. The van der Waals surface area contributed by atoms with Crippen molar-refractivity contribution in [3.8, 4) is 0 Å². The van der Waals surface area contributed by atoms with Crippen molar-refractivity contribution in [3.63, 3.8) is 0 Å². The summed E-state index contributed by atoms with van der Waals surface area (Å²) < 4.78 is 0. The summed E-state index contributed by atoms with van der Waals surface area (Å²) in [6, 6.07) is 0. The molecule has 2 heteroatoms. The zero-order chi connectivity index (χ0) is 12.4. The van der Waals surface area contributed by atoms with Crippen LogP contribution in [-0.4, -0.2) is 17.6 Å². The van der Waals surface area contributed by atoms with Crippen molar-refractivity contribution in [2.24, 2.45) is 5.92 Å². The first kappa shape index (κ1) is 13.6. The minimum absolute atomic E-state index is 0.0879. The van der Waals surface area contributed by atoms with Gasteiger partial charge in [0.1, 0.15) is 0 Å². The molecule has 0 saturated carbocycles. The van der Waals surface area contributed by atoms with Crippen LogP contribution in [0.1, 0.15) is 54.4 Å². The molecule has 0 saturated heterocycles. The summed E-state index contributed by atoms with van der Waals surface area (Å²) in [6.07, 6.45) is 4.84. The van der Waals surface area contributed by atoms with E-state index >= 15 is 0 Å². The second-order valence-corrected chi connectivity index (χ2v) is 6.17. The predicted molar refractivity (Wildman–Crippen MR) is 71.5 cm³/mol. The monoisotopic (exact) mass is 224 g/mol. The van der Waals surface area contributed by atoms with E-state index in [2.05, 4.69) is 58.3 Å². The van der Waals surface area contributed by atoms with Crippen LogP contribution in [0.3, 0.4) is 0 Å². The molecular weight excluding hydrogens is 196 g/mol. The van der Waals surface area contributed by atoms with Gasteiger partial charge >= 0.3 is 0 Å². The van der Waals surface area contributed by atoms with Crippen molar-refractivity contribution in [3.05, 3.63) is 11.8 Å². The minimum atomic E-state index is 0.0879. The van der Waals surface area contributed by atoms with E-state index < -0.39 is 0 Å². The van der Waals surface area contributed by atoms with Crippen LogP contribution in [-0.2, 0) is 0 Å². The summed E-state index contributed by atoms with van der Waals surface area (Å²) in [5, 5.41) is 7.29. The smallest absolute Gasteiger partial charge is 0.0331 e. The standard InChI is InChI=1S/C14H28N2/c1-7-8-9-15-12-10-13(3,4)16-14(5,6)11(12)2/h10-11,15-16H,7-9H2,1-6H3. The highest BCUT2D eigenvalue weighted by Crippen LogP contribution is 2.31. The van der Waals surface area contributed by atoms with E-state index in [0.29, 0.717) is 5.92 Å². The molecule has 1 aliphatic heterocycles. The molecule has 1 rings (SSSR count). The molecule has 0 bridgehead atoms. The van der Waals surface area contributed by atoms with E-state index in [9.17, 15) is 0 Å². The Balaban J connectivity index is 2.76. The highest BCUT2D eigenvalue weighted by molar-refractivity contribution is 5.22. The fraction of sp³-hybridized carbons (Fsp3) is 0.857. The molecule has 0 spiro atoms. The third-order valence-corrected chi connectivity index (χ3v) is 3.57. The van der Waals surface area contributed by atoms with Gasteiger partial charge in [0.25, 0.3) is 0 Å². The van der Waals surface area contributed by atoms with Crippen molar-refractivity contribution in [1.29, 1.82) is 0 Å². The van der Waals surface area contributed by atoms with E-state index in [1.54, 1.807) is 0 Å². The molecule has 16 heavy (non-hydrogen) atoms. The third-order valence-electron chi connectivity index (χ3n) is 3.57. The summed E-state index contributed by atoms with van der Waals surface area (Å²) in [4.78, 5) is 0. The summed E-state index contributed by atoms with van der Waals surface area (Å²) in [5.41, 5.74) is 1.65. The molecule has 0 amide bonds. The van der Waals surface area contributed by atoms with E-state index in [1.807, 2.05) is 0 Å². The Morgan fingerprint density at radius 2 is 1.94 bits per heavy atom. The number of hydrogen-bond donors (Lipinski definition) is 2. The Labute approximate surface area is 101 Å². The van der Waals surface area contributed by atoms with Crippen LogP contribution in [0.2, 0.25) is 0 Å². The maximum absolute atomic E-state index is 3.69. The van der Waals surface area contributed by atoms with Crippen LogP contribution in [0.4, 0.5) is 0 Å². The van der Waals surface area contributed by atoms with Crippen LogP contribution in [0.25, 0.3) is 0 Å². The highest BCUT2D eigenvalue weighted by atomic mass is 15.1. The Bertz CT molecular complexity index is 264. The second kappa shape index (κ2) is 4.79. The van der Waals surface area contributed by atoms with Gasteiger partial charge in [0, 0.05) is 29.2 Å². The van der Waals surface area contributed by atoms with E-state index in [0.717, 1.165) is 6.54 Å². The van der Waals surface area contributed by atoms with Crippen LogP contribution >= 0.6 is 0 Å². The maximum Gasteiger partial charge on any atom is 0.0331 e. The number of rotatable bonds is 4. The first-order valence-electron chi connectivity index (χ1n) is 6.54. The van der Waals surface area contributed by atoms with Gasteiger partial charge in [0.05, 0.1) is 0 Å². The molecule has 2 nitrogen and oxygen atoms in total.